The van der Waals surface area contributed by atoms with E-state index in [2.05, 4.69) is 23.3 Å². The van der Waals surface area contributed by atoms with Gasteiger partial charge >= 0.3 is 0 Å². The zero-order valence-electron chi connectivity index (χ0n) is 10.6. The number of hydrogen-bond donors (Lipinski definition) is 0. The fourth-order valence-electron chi connectivity index (χ4n) is 1.74. The van der Waals surface area contributed by atoms with Gasteiger partial charge in [-0.05, 0) is 6.42 Å². The SMILES string of the molecule is CCCCCCn1nnc(CC#N)c1COC. The van der Waals surface area contributed by atoms with Crippen LogP contribution < -0.4 is 0 Å². The van der Waals surface area contributed by atoms with E-state index in [-0.39, 0.29) is 0 Å². The summed E-state index contributed by atoms with van der Waals surface area (Å²) in [5, 5.41) is 16.8. The zero-order valence-corrected chi connectivity index (χ0v) is 10.6. The van der Waals surface area contributed by atoms with E-state index >= 15 is 0 Å². The van der Waals surface area contributed by atoms with Crippen molar-refractivity contribution in [1.82, 2.24) is 15.0 Å². The number of methoxy groups -OCH3 is 1. The van der Waals surface area contributed by atoms with Crippen LogP contribution in [-0.2, 0) is 24.3 Å². The quantitative estimate of drug-likeness (QED) is 0.648. The molecule has 1 heterocycles. The van der Waals surface area contributed by atoms with Gasteiger partial charge in [-0.2, -0.15) is 5.26 Å². The maximum atomic E-state index is 8.70. The average molecular weight is 236 g/mol. The summed E-state index contributed by atoms with van der Waals surface area (Å²) in [6, 6.07) is 2.10. The summed E-state index contributed by atoms with van der Waals surface area (Å²) < 4.78 is 7.00. The van der Waals surface area contributed by atoms with Crippen molar-refractivity contribution in [2.45, 2.75) is 52.2 Å². The van der Waals surface area contributed by atoms with Crippen LogP contribution in [0.2, 0.25) is 0 Å². The second-order valence-corrected chi connectivity index (χ2v) is 4.03. The summed E-state index contributed by atoms with van der Waals surface area (Å²) in [7, 11) is 1.64. The topological polar surface area (TPSA) is 63.7 Å². The monoisotopic (exact) mass is 236 g/mol. The van der Waals surface area contributed by atoms with Crippen LogP contribution in [0.25, 0.3) is 0 Å². The first kappa shape index (κ1) is 13.7. The van der Waals surface area contributed by atoms with Crippen molar-refractivity contribution < 1.29 is 4.74 Å². The molecule has 0 unspecified atom stereocenters. The van der Waals surface area contributed by atoms with Crippen LogP contribution in [0.15, 0.2) is 0 Å². The third-order valence-electron chi connectivity index (χ3n) is 2.67. The van der Waals surface area contributed by atoms with Crippen molar-refractivity contribution in [2.24, 2.45) is 0 Å². The van der Waals surface area contributed by atoms with Gasteiger partial charge in [0.15, 0.2) is 0 Å². The molecule has 0 saturated heterocycles. The zero-order chi connectivity index (χ0) is 12.5. The first-order chi connectivity index (χ1) is 8.33. The van der Waals surface area contributed by atoms with Crippen molar-refractivity contribution in [3.8, 4) is 6.07 Å². The van der Waals surface area contributed by atoms with E-state index < -0.39 is 0 Å². The Hall–Kier alpha value is -1.41. The molecule has 1 aromatic heterocycles. The molecule has 0 aliphatic carbocycles. The lowest BCUT2D eigenvalue weighted by atomic mass is 10.2. The molecule has 5 heteroatoms. The fourth-order valence-corrected chi connectivity index (χ4v) is 1.74. The van der Waals surface area contributed by atoms with Gasteiger partial charge in [-0.1, -0.05) is 31.4 Å². The van der Waals surface area contributed by atoms with Crippen LogP contribution in [-0.4, -0.2) is 22.1 Å². The summed E-state index contributed by atoms with van der Waals surface area (Å²) in [6.07, 6.45) is 5.07. The Balaban J connectivity index is 2.60. The van der Waals surface area contributed by atoms with Gasteiger partial charge in [-0.15, -0.1) is 5.10 Å². The molecular formula is C12H20N4O. The Morgan fingerprint density at radius 1 is 1.35 bits per heavy atom. The molecule has 0 spiro atoms. The van der Waals surface area contributed by atoms with Crippen LogP contribution in [0.1, 0.15) is 44.0 Å². The van der Waals surface area contributed by atoms with E-state index in [4.69, 9.17) is 10.00 Å². The second kappa shape index (κ2) is 7.80. The normalized spacial score (nSPS) is 10.4. The number of rotatable bonds is 8. The van der Waals surface area contributed by atoms with Crippen LogP contribution in [0.3, 0.4) is 0 Å². The summed E-state index contributed by atoms with van der Waals surface area (Å²) in [6.45, 7) is 3.52. The highest BCUT2D eigenvalue weighted by molar-refractivity contribution is 5.13. The Morgan fingerprint density at radius 2 is 2.18 bits per heavy atom. The number of hydrogen-bond acceptors (Lipinski definition) is 4. The minimum Gasteiger partial charge on any atom is -0.378 e. The van der Waals surface area contributed by atoms with Gasteiger partial charge in [0.1, 0.15) is 5.69 Å². The fraction of sp³-hybridized carbons (Fsp3) is 0.750. The maximum Gasteiger partial charge on any atom is 0.102 e. The Labute approximate surface area is 102 Å². The van der Waals surface area contributed by atoms with Gasteiger partial charge in [0, 0.05) is 13.7 Å². The van der Waals surface area contributed by atoms with E-state index in [1.807, 2.05) is 4.68 Å². The molecule has 0 aliphatic rings. The number of unbranched alkanes of at least 4 members (excludes halogenated alkanes) is 3. The molecule has 0 aromatic carbocycles. The molecule has 0 bridgehead atoms. The smallest absolute Gasteiger partial charge is 0.102 e. The predicted molar refractivity (Wildman–Crippen MR) is 64.2 cm³/mol. The third-order valence-corrected chi connectivity index (χ3v) is 2.67. The summed E-state index contributed by atoms with van der Waals surface area (Å²) in [4.78, 5) is 0. The minimum absolute atomic E-state index is 0.299. The van der Waals surface area contributed by atoms with Gasteiger partial charge in [0.05, 0.1) is 24.8 Å². The highest BCUT2D eigenvalue weighted by atomic mass is 16.5. The lowest BCUT2D eigenvalue weighted by molar-refractivity contribution is 0.175. The summed E-state index contributed by atoms with van der Waals surface area (Å²) in [5.74, 6) is 0. The van der Waals surface area contributed by atoms with Crippen molar-refractivity contribution in [2.75, 3.05) is 7.11 Å². The van der Waals surface area contributed by atoms with Gasteiger partial charge in [0.2, 0.25) is 0 Å². The molecule has 0 amide bonds. The van der Waals surface area contributed by atoms with Crippen molar-refractivity contribution in [1.29, 1.82) is 5.26 Å². The molecule has 1 aromatic rings. The average Bonchev–Trinajstić information content (AvgIpc) is 2.69. The van der Waals surface area contributed by atoms with E-state index in [0.717, 1.165) is 24.4 Å². The molecule has 0 aliphatic heterocycles. The largest absolute Gasteiger partial charge is 0.378 e. The minimum atomic E-state index is 0.299. The van der Waals surface area contributed by atoms with E-state index in [9.17, 15) is 0 Å². The molecule has 0 atom stereocenters. The van der Waals surface area contributed by atoms with Crippen molar-refractivity contribution in [3.05, 3.63) is 11.4 Å². The van der Waals surface area contributed by atoms with Crippen molar-refractivity contribution in [3.63, 3.8) is 0 Å². The maximum absolute atomic E-state index is 8.70. The molecule has 94 valence electrons. The van der Waals surface area contributed by atoms with Crippen LogP contribution >= 0.6 is 0 Å². The van der Waals surface area contributed by atoms with Gasteiger partial charge in [-0.25, -0.2) is 4.68 Å². The highest BCUT2D eigenvalue weighted by Gasteiger charge is 2.11. The number of aromatic nitrogens is 3. The second-order valence-electron chi connectivity index (χ2n) is 4.03. The van der Waals surface area contributed by atoms with Crippen LogP contribution in [0, 0.1) is 11.3 Å². The van der Waals surface area contributed by atoms with E-state index in [1.165, 1.54) is 19.3 Å². The first-order valence-electron chi connectivity index (χ1n) is 6.10. The number of nitriles is 1. The standard InChI is InChI=1S/C12H20N4O/c1-3-4-5-6-9-16-12(10-17-2)11(7-8-13)14-15-16/h3-7,9-10H2,1-2H3. The molecule has 0 radical (unpaired) electrons. The van der Waals surface area contributed by atoms with Crippen molar-refractivity contribution >= 4 is 0 Å². The first-order valence-corrected chi connectivity index (χ1v) is 6.10. The Kier molecular flexibility index (Phi) is 6.26. The lowest BCUT2D eigenvalue weighted by Gasteiger charge is -2.06. The van der Waals surface area contributed by atoms with Gasteiger partial charge in [-0.3, -0.25) is 0 Å². The van der Waals surface area contributed by atoms with E-state index in [0.29, 0.717) is 13.0 Å². The molecule has 0 saturated carbocycles. The molecule has 5 nitrogen and oxygen atoms in total. The molecule has 17 heavy (non-hydrogen) atoms. The van der Waals surface area contributed by atoms with Crippen LogP contribution in [0.5, 0.6) is 0 Å². The third kappa shape index (κ3) is 4.16. The number of ether oxygens (including phenoxy) is 1. The summed E-state index contributed by atoms with van der Waals surface area (Å²) in [5.41, 5.74) is 1.68. The molecular weight excluding hydrogens is 216 g/mol. The number of aryl methyl sites for hydroxylation is 1. The Bertz CT molecular complexity index is 367. The van der Waals surface area contributed by atoms with E-state index in [1.54, 1.807) is 7.11 Å². The molecule has 0 fully saturated rings. The molecule has 0 N–H and O–H groups in total. The molecule has 1 rings (SSSR count). The number of nitrogens with zero attached hydrogens (tertiary/aromatic N) is 4. The lowest BCUT2D eigenvalue weighted by Crippen LogP contribution is -2.07. The summed E-state index contributed by atoms with van der Waals surface area (Å²) >= 11 is 0. The van der Waals surface area contributed by atoms with Gasteiger partial charge in [0.25, 0.3) is 0 Å². The highest BCUT2D eigenvalue weighted by Crippen LogP contribution is 2.10. The predicted octanol–water partition coefficient (Wildman–Crippen LogP) is 2.07. The Morgan fingerprint density at radius 3 is 2.82 bits per heavy atom. The van der Waals surface area contributed by atoms with Gasteiger partial charge < -0.3 is 4.74 Å². The van der Waals surface area contributed by atoms with Crippen LogP contribution in [0.4, 0.5) is 0 Å².